The van der Waals surface area contributed by atoms with Crippen molar-refractivity contribution in [1.82, 2.24) is 4.98 Å². The third-order valence-electron chi connectivity index (χ3n) is 1.42. The molecule has 11 heavy (non-hydrogen) atoms. The molecule has 0 aromatic carbocycles. The Bertz CT molecular complexity index is 270. The smallest absolute Gasteiger partial charge is 0.148 e. The first kappa shape index (κ1) is 9.11. The van der Waals surface area contributed by atoms with Gasteiger partial charge in [0.1, 0.15) is 5.15 Å². The van der Waals surface area contributed by atoms with Crippen molar-refractivity contribution in [2.24, 2.45) is 0 Å². The van der Waals surface area contributed by atoms with E-state index in [1.165, 1.54) is 0 Å². The summed E-state index contributed by atoms with van der Waals surface area (Å²) < 4.78 is 0. The molecule has 0 atom stereocenters. The van der Waals surface area contributed by atoms with Crippen LogP contribution in [0.4, 0.5) is 0 Å². The molecule has 0 aliphatic heterocycles. The highest BCUT2D eigenvalue weighted by molar-refractivity contribution is 6.43. The molecule has 0 saturated carbocycles. The summed E-state index contributed by atoms with van der Waals surface area (Å²) in [7, 11) is 0. The van der Waals surface area contributed by atoms with E-state index < -0.39 is 0 Å². The van der Waals surface area contributed by atoms with Gasteiger partial charge in [-0.1, -0.05) is 34.8 Å². The van der Waals surface area contributed by atoms with E-state index in [4.69, 9.17) is 34.8 Å². The van der Waals surface area contributed by atoms with Crippen molar-refractivity contribution < 1.29 is 0 Å². The lowest BCUT2D eigenvalue weighted by Gasteiger charge is -2.04. The first-order valence-electron chi connectivity index (χ1n) is 3.01. The van der Waals surface area contributed by atoms with Gasteiger partial charge in [-0.15, -0.1) is 0 Å². The largest absolute Gasteiger partial charge is 0.238 e. The molecule has 4 heteroatoms. The Morgan fingerprint density at radius 2 is 1.55 bits per heavy atom. The van der Waals surface area contributed by atoms with Crippen LogP contribution in [0.15, 0.2) is 0 Å². The fourth-order valence-corrected chi connectivity index (χ4v) is 1.36. The molecule has 60 valence electrons. The third kappa shape index (κ3) is 1.61. The van der Waals surface area contributed by atoms with Gasteiger partial charge in [-0.3, -0.25) is 0 Å². The molecular formula is C7H6Cl3N. The lowest BCUT2D eigenvalue weighted by molar-refractivity contribution is 1.18. The van der Waals surface area contributed by atoms with E-state index >= 15 is 0 Å². The van der Waals surface area contributed by atoms with E-state index in [-0.39, 0.29) is 0 Å². The normalized spacial score (nSPS) is 10.3. The molecule has 1 nitrogen and oxygen atoms in total. The summed E-state index contributed by atoms with van der Waals surface area (Å²) in [6, 6.07) is 0. The molecule has 0 amide bonds. The number of hydrogen-bond acceptors (Lipinski definition) is 1. The number of halogens is 3. The number of hydrogen-bond donors (Lipinski definition) is 0. The Morgan fingerprint density at radius 1 is 1.00 bits per heavy atom. The highest BCUT2D eigenvalue weighted by atomic mass is 35.5. The van der Waals surface area contributed by atoms with Gasteiger partial charge >= 0.3 is 0 Å². The first-order valence-corrected chi connectivity index (χ1v) is 4.15. The molecule has 0 saturated heterocycles. The molecule has 1 aromatic heterocycles. The molecule has 0 unspecified atom stereocenters. The number of rotatable bonds is 0. The van der Waals surface area contributed by atoms with Crippen molar-refractivity contribution in [2.45, 2.75) is 13.8 Å². The summed E-state index contributed by atoms with van der Waals surface area (Å²) in [4.78, 5) is 3.94. The average molecular weight is 210 g/mol. The van der Waals surface area contributed by atoms with Crippen molar-refractivity contribution >= 4 is 34.8 Å². The quantitative estimate of drug-likeness (QED) is 0.596. The van der Waals surface area contributed by atoms with Crippen LogP contribution in [-0.4, -0.2) is 4.98 Å². The minimum Gasteiger partial charge on any atom is -0.238 e. The van der Waals surface area contributed by atoms with Gasteiger partial charge in [0, 0.05) is 0 Å². The Hall–Kier alpha value is 0.0200. The molecule has 1 heterocycles. The zero-order chi connectivity index (χ0) is 8.59. The van der Waals surface area contributed by atoms with Crippen molar-refractivity contribution in [2.75, 3.05) is 0 Å². The summed E-state index contributed by atoms with van der Waals surface area (Å²) in [5.74, 6) is 0. The summed E-state index contributed by atoms with van der Waals surface area (Å²) >= 11 is 17.3. The highest BCUT2D eigenvalue weighted by Gasteiger charge is 2.09. The first-order chi connectivity index (χ1) is 5.04. The van der Waals surface area contributed by atoms with Crippen LogP contribution in [0, 0.1) is 13.8 Å². The third-order valence-corrected chi connectivity index (χ3v) is 2.81. The van der Waals surface area contributed by atoms with Crippen molar-refractivity contribution in [1.29, 1.82) is 0 Å². The van der Waals surface area contributed by atoms with Crippen LogP contribution in [-0.2, 0) is 0 Å². The zero-order valence-electron chi connectivity index (χ0n) is 6.08. The summed E-state index contributed by atoms with van der Waals surface area (Å²) in [6.07, 6.45) is 0. The summed E-state index contributed by atoms with van der Waals surface area (Å²) in [6.45, 7) is 3.60. The van der Waals surface area contributed by atoms with Gasteiger partial charge in [0.25, 0.3) is 0 Å². The van der Waals surface area contributed by atoms with Crippen LogP contribution in [0.3, 0.4) is 0 Å². The fourth-order valence-electron chi connectivity index (χ4n) is 0.768. The van der Waals surface area contributed by atoms with Crippen molar-refractivity contribution in [3.63, 3.8) is 0 Å². The molecule has 0 radical (unpaired) electrons. The maximum atomic E-state index is 5.85. The Morgan fingerprint density at radius 3 is 2.09 bits per heavy atom. The molecule has 0 aliphatic rings. The van der Waals surface area contributed by atoms with E-state index in [1.807, 2.05) is 6.92 Å². The molecular weight excluding hydrogens is 204 g/mol. The van der Waals surface area contributed by atoms with Gasteiger partial charge in [-0.25, -0.2) is 4.98 Å². The van der Waals surface area contributed by atoms with Crippen LogP contribution in [0.5, 0.6) is 0 Å². The molecule has 1 aromatic rings. The topological polar surface area (TPSA) is 12.9 Å². The standard InChI is InChI=1S/C7H6Cl3N/c1-3-5(8)4(2)11-7(10)6(3)9/h1-2H3. The number of aromatic nitrogens is 1. The highest BCUT2D eigenvalue weighted by Crippen LogP contribution is 2.30. The van der Waals surface area contributed by atoms with Crippen LogP contribution in [0.25, 0.3) is 0 Å². The van der Waals surface area contributed by atoms with Crippen LogP contribution in [0.2, 0.25) is 15.2 Å². The lowest BCUT2D eigenvalue weighted by atomic mass is 10.2. The van der Waals surface area contributed by atoms with Crippen LogP contribution in [0.1, 0.15) is 11.3 Å². The van der Waals surface area contributed by atoms with Crippen LogP contribution < -0.4 is 0 Å². The van der Waals surface area contributed by atoms with E-state index in [0.717, 1.165) is 5.56 Å². The molecule has 0 fully saturated rings. The maximum Gasteiger partial charge on any atom is 0.148 e. The maximum absolute atomic E-state index is 5.85. The van der Waals surface area contributed by atoms with Gasteiger partial charge in [0.2, 0.25) is 0 Å². The second-order valence-corrected chi connectivity index (χ2v) is 3.35. The lowest BCUT2D eigenvalue weighted by Crippen LogP contribution is -1.89. The molecule has 0 aliphatic carbocycles. The number of nitrogens with zero attached hydrogens (tertiary/aromatic N) is 1. The predicted molar refractivity (Wildman–Crippen MR) is 48.7 cm³/mol. The van der Waals surface area contributed by atoms with E-state index in [1.54, 1.807) is 6.92 Å². The second kappa shape index (κ2) is 3.18. The molecule has 0 N–H and O–H groups in total. The Kier molecular flexibility index (Phi) is 2.63. The average Bonchev–Trinajstić information content (AvgIpc) is 1.97. The van der Waals surface area contributed by atoms with Gasteiger partial charge in [0.05, 0.1) is 15.7 Å². The SMILES string of the molecule is Cc1nc(Cl)c(Cl)c(C)c1Cl. The minimum atomic E-state index is 0.311. The van der Waals surface area contributed by atoms with E-state index in [0.29, 0.717) is 20.9 Å². The van der Waals surface area contributed by atoms with Gasteiger partial charge < -0.3 is 0 Å². The summed E-state index contributed by atoms with van der Waals surface area (Å²) in [5, 5.41) is 1.33. The van der Waals surface area contributed by atoms with Crippen LogP contribution >= 0.6 is 34.8 Å². The Labute approximate surface area is 80.3 Å². The fraction of sp³-hybridized carbons (Fsp3) is 0.286. The van der Waals surface area contributed by atoms with Gasteiger partial charge in [-0.05, 0) is 19.4 Å². The van der Waals surface area contributed by atoms with E-state index in [2.05, 4.69) is 4.98 Å². The van der Waals surface area contributed by atoms with Crippen molar-refractivity contribution in [3.8, 4) is 0 Å². The molecule has 0 spiro atoms. The number of aryl methyl sites for hydroxylation is 1. The Balaban J connectivity index is 3.46. The predicted octanol–water partition coefficient (Wildman–Crippen LogP) is 3.66. The second-order valence-electron chi connectivity index (χ2n) is 2.24. The van der Waals surface area contributed by atoms with E-state index in [9.17, 15) is 0 Å². The zero-order valence-corrected chi connectivity index (χ0v) is 8.35. The molecule has 1 rings (SSSR count). The van der Waals surface area contributed by atoms with Crippen molar-refractivity contribution in [3.05, 3.63) is 26.5 Å². The summed E-state index contributed by atoms with van der Waals surface area (Å²) in [5.41, 5.74) is 1.49. The minimum absolute atomic E-state index is 0.311. The van der Waals surface area contributed by atoms with Gasteiger partial charge in [-0.2, -0.15) is 0 Å². The van der Waals surface area contributed by atoms with Gasteiger partial charge in [0.15, 0.2) is 0 Å². The molecule has 0 bridgehead atoms. The monoisotopic (exact) mass is 209 g/mol. The number of pyridine rings is 1.